The number of carbonyl (C=O) groups is 2. The molecule has 8 heteroatoms. The lowest BCUT2D eigenvalue weighted by Crippen LogP contribution is -2.56. The number of carbonyl (C=O) groups excluding carboxylic acids is 2. The van der Waals surface area contributed by atoms with E-state index >= 15 is 0 Å². The first-order valence-corrected chi connectivity index (χ1v) is 9.99. The lowest BCUT2D eigenvalue weighted by molar-refractivity contribution is -0.131. The van der Waals surface area contributed by atoms with Crippen LogP contribution in [0.4, 0.5) is 10.5 Å². The summed E-state index contributed by atoms with van der Waals surface area (Å²) >= 11 is 6.14. The maximum absolute atomic E-state index is 13.2. The van der Waals surface area contributed by atoms with E-state index in [4.69, 9.17) is 16.3 Å². The highest BCUT2D eigenvalue weighted by Crippen LogP contribution is 2.40. The molecular weight excluding hydrogens is 382 g/mol. The molecule has 7 nitrogen and oxygen atoms in total. The SMILES string of the molecule is CC(C)(C)OC(=O)N1CCC(N2C(=O)C(C)(CO)Cc3ncc(Cl)cc32)CC1. The van der Waals surface area contributed by atoms with Crippen molar-refractivity contribution in [2.45, 2.75) is 58.6 Å². The number of aliphatic hydroxyl groups excluding tert-OH is 1. The van der Waals surface area contributed by atoms with E-state index in [1.807, 2.05) is 20.8 Å². The molecule has 0 aliphatic carbocycles. The highest BCUT2D eigenvalue weighted by atomic mass is 35.5. The molecule has 1 aromatic heterocycles. The normalized spacial score (nSPS) is 23.6. The van der Waals surface area contributed by atoms with E-state index in [1.54, 1.807) is 29.0 Å². The van der Waals surface area contributed by atoms with Crippen molar-refractivity contribution in [3.8, 4) is 0 Å². The third-order valence-electron chi connectivity index (χ3n) is 5.30. The summed E-state index contributed by atoms with van der Waals surface area (Å²) in [5.74, 6) is -0.123. The Labute approximate surface area is 170 Å². The third-order valence-corrected chi connectivity index (χ3v) is 5.50. The van der Waals surface area contributed by atoms with E-state index in [0.717, 1.165) is 5.69 Å². The maximum atomic E-state index is 13.2. The van der Waals surface area contributed by atoms with Gasteiger partial charge in [0.1, 0.15) is 5.60 Å². The number of aliphatic hydroxyl groups is 1. The van der Waals surface area contributed by atoms with Gasteiger partial charge in [-0.2, -0.15) is 0 Å². The largest absolute Gasteiger partial charge is 0.444 e. The van der Waals surface area contributed by atoms with E-state index in [2.05, 4.69) is 4.98 Å². The minimum atomic E-state index is -0.907. The second kappa shape index (κ2) is 7.52. The molecule has 0 radical (unpaired) electrons. The molecule has 0 bridgehead atoms. The van der Waals surface area contributed by atoms with E-state index in [0.29, 0.717) is 43.1 Å². The van der Waals surface area contributed by atoms with E-state index < -0.39 is 11.0 Å². The molecule has 28 heavy (non-hydrogen) atoms. The van der Waals surface area contributed by atoms with Crippen molar-refractivity contribution in [3.05, 3.63) is 23.0 Å². The van der Waals surface area contributed by atoms with Gasteiger partial charge >= 0.3 is 6.09 Å². The highest BCUT2D eigenvalue weighted by Gasteiger charge is 2.46. The fraction of sp³-hybridized carbons (Fsp3) is 0.650. The zero-order valence-corrected chi connectivity index (χ0v) is 17.6. The van der Waals surface area contributed by atoms with Crippen molar-refractivity contribution < 1.29 is 19.4 Å². The molecule has 1 fully saturated rings. The minimum absolute atomic E-state index is 0.0867. The molecule has 1 unspecified atom stereocenters. The molecule has 0 aromatic carbocycles. The lowest BCUT2D eigenvalue weighted by Gasteiger charge is -2.45. The zero-order valence-electron chi connectivity index (χ0n) is 16.9. The van der Waals surface area contributed by atoms with Crippen LogP contribution in [0, 0.1) is 5.41 Å². The number of rotatable bonds is 2. The van der Waals surface area contributed by atoms with Crippen molar-refractivity contribution >= 4 is 29.3 Å². The summed E-state index contributed by atoms with van der Waals surface area (Å²) < 4.78 is 5.45. The van der Waals surface area contributed by atoms with Gasteiger partial charge in [0.15, 0.2) is 0 Å². The van der Waals surface area contributed by atoms with Crippen molar-refractivity contribution in [1.82, 2.24) is 9.88 Å². The molecule has 3 heterocycles. The quantitative estimate of drug-likeness (QED) is 0.811. The average Bonchev–Trinajstić information content (AvgIpc) is 2.62. The van der Waals surface area contributed by atoms with Gasteiger partial charge in [0.25, 0.3) is 0 Å². The highest BCUT2D eigenvalue weighted by molar-refractivity contribution is 6.30. The van der Waals surface area contributed by atoms with Crippen LogP contribution in [-0.4, -0.2) is 58.3 Å². The first-order chi connectivity index (χ1) is 13.0. The van der Waals surface area contributed by atoms with Gasteiger partial charge in [-0.05, 0) is 46.6 Å². The number of fused-ring (bicyclic) bond motifs is 1. The number of likely N-dealkylation sites (tertiary alicyclic amines) is 1. The van der Waals surface area contributed by atoms with Gasteiger partial charge in [-0.3, -0.25) is 9.78 Å². The molecule has 0 saturated carbocycles. The maximum Gasteiger partial charge on any atom is 0.410 e. The van der Waals surface area contributed by atoms with E-state index in [9.17, 15) is 14.7 Å². The number of aromatic nitrogens is 1. The van der Waals surface area contributed by atoms with Crippen LogP contribution < -0.4 is 4.90 Å². The Hall–Kier alpha value is -1.86. The number of hydrogen-bond donors (Lipinski definition) is 1. The number of hydrogen-bond acceptors (Lipinski definition) is 5. The van der Waals surface area contributed by atoms with Crippen LogP contribution >= 0.6 is 11.6 Å². The second-order valence-electron chi connectivity index (χ2n) is 8.89. The monoisotopic (exact) mass is 409 g/mol. The van der Waals surface area contributed by atoms with Crippen LogP contribution in [-0.2, 0) is 16.0 Å². The van der Waals surface area contributed by atoms with E-state index in [1.165, 1.54) is 0 Å². The molecule has 1 aromatic rings. The predicted octanol–water partition coefficient (Wildman–Crippen LogP) is 3.02. The van der Waals surface area contributed by atoms with Gasteiger partial charge in [0.05, 0.1) is 28.4 Å². The molecule has 2 aliphatic heterocycles. The van der Waals surface area contributed by atoms with Crippen LogP contribution in [0.1, 0.15) is 46.2 Å². The molecule has 154 valence electrons. The Balaban J connectivity index is 1.81. The van der Waals surface area contributed by atoms with Gasteiger partial charge in [-0.1, -0.05) is 11.6 Å². The van der Waals surface area contributed by atoms with Crippen LogP contribution in [0.25, 0.3) is 0 Å². The molecular formula is C20H28ClN3O4. The minimum Gasteiger partial charge on any atom is -0.444 e. The molecule has 1 saturated heterocycles. The van der Waals surface area contributed by atoms with E-state index in [-0.39, 0.29) is 24.6 Å². The Morgan fingerprint density at radius 2 is 2.04 bits per heavy atom. The fourth-order valence-electron chi connectivity index (χ4n) is 3.77. The predicted molar refractivity (Wildman–Crippen MR) is 106 cm³/mol. The number of ether oxygens (including phenoxy) is 1. The summed E-state index contributed by atoms with van der Waals surface area (Å²) in [4.78, 5) is 33.4. The van der Waals surface area contributed by atoms with Crippen molar-refractivity contribution in [2.75, 3.05) is 24.6 Å². The smallest absolute Gasteiger partial charge is 0.410 e. The first kappa shape index (κ1) is 20.9. The summed E-state index contributed by atoms with van der Waals surface area (Å²) in [6.07, 6.45) is 2.86. The van der Waals surface area contributed by atoms with Gasteiger partial charge in [0, 0.05) is 31.7 Å². The standard InChI is InChI=1S/C20H28ClN3O4/c1-19(2,3)28-18(27)23-7-5-14(6-8-23)24-16-9-13(21)11-22-15(16)10-20(4,12-25)17(24)26/h9,11,14,25H,5-8,10,12H2,1-4H3. The van der Waals surface area contributed by atoms with Crippen molar-refractivity contribution in [2.24, 2.45) is 5.41 Å². The van der Waals surface area contributed by atoms with Crippen molar-refractivity contribution in [3.63, 3.8) is 0 Å². The first-order valence-electron chi connectivity index (χ1n) is 9.61. The number of pyridine rings is 1. The summed E-state index contributed by atoms with van der Waals surface area (Å²) in [7, 11) is 0. The second-order valence-corrected chi connectivity index (χ2v) is 9.33. The van der Waals surface area contributed by atoms with Crippen LogP contribution in [0.2, 0.25) is 5.02 Å². The number of amides is 2. The summed E-state index contributed by atoms with van der Waals surface area (Å²) in [6.45, 7) is 8.04. The topological polar surface area (TPSA) is 83.0 Å². The number of piperidine rings is 1. The summed E-state index contributed by atoms with van der Waals surface area (Å²) in [5.41, 5.74) is 0.0197. The van der Waals surface area contributed by atoms with Gasteiger partial charge in [-0.15, -0.1) is 0 Å². The van der Waals surface area contributed by atoms with Crippen molar-refractivity contribution in [1.29, 1.82) is 0 Å². The van der Waals surface area contributed by atoms with Gasteiger partial charge in [0.2, 0.25) is 5.91 Å². The Bertz CT molecular complexity index is 771. The molecule has 1 atom stereocenters. The van der Waals surface area contributed by atoms with Gasteiger partial charge < -0.3 is 19.6 Å². The molecule has 2 amide bonds. The van der Waals surface area contributed by atoms with Crippen LogP contribution in [0.15, 0.2) is 12.3 Å². The number of nitrogens with zero attached hydrogens (tertiary/aromatic N) is 3. The lowest BCUT2D eigenvalue weighted by atomic mass is 9.79. The molecule has 0 spiro atoms. The molecule has 1 N–H and O–H groups in total. The molecule has 2 aliphatic rings. The number of anilines is 1. The summed E-state index contributed by atoms with van der Waals surface area (Å²) in [5, 5.41) is 10.3. The zero-order chi connectivity index (χ0) is 20.7. The Morgan fingerprint density at radius 1 is 1.39 bits per heavy atom. The summed E-state index contributed by atoms with van der Waals surface area (Å²) in [6, 6.07) is 1.68. The Morgan fingerprint density at radius 3 is 2.61 bits per heavy atom. The number of halogens is 1. The van der Waals surface area contributed by atoms with Crippen LogP contribution in [0.5, 0.6) is 0 Å². The van der Waals surface area contributed by atoms with Gasteiger partial charge in [-0.25, -0.2) is 4.79 Å². The Kier molecular flexibility index (Phi) is 5.60. The third kappa shape index (κ3) is 4.10. The molecule has 3 rings (SSSR count). The average molecular weight is 410 g/mol. The van der Waals surface area contributed by atoms with Crippen LogP contribution in [0.3, 0.4) is 0 Å². The fourth-order valence-corrected chi connectivity index (χ4v) is 3.92.